The molecule has 17 heavy (non-hydrogen) atoms. The van der Waals surface area contributed by atoms with E-state index in [4.69, 9.17) is 4.52 Å². The molecule has 2 heterocycles. The van der Waals surface area contributed by atoms with Crippen LogP contribution in [0.5, 0.6) is 0 Å². The third-order valence-electron chi connectivity index (χ3n) is 2.35. The lowest BCUT2D eigenvalue weighted by Gasteiger charge is -2.10. The van der Waals surface area contributed by atoms with Gasteiger partial charge in [0.25, 0.3) is 0 Å². The summed E-state index contributed by atoms with van der Waals surface area (Å²) in [6.45, 7) is 5.40. The van der Waals surface area contributed by atoms with Gasteiger partial charge in [-0.1, -0.05) is 5.16 Å². The molecule has 0 spiro atoms. The topological polar surface area (TPSA) is 75.9 Å². The molecule has 0 saturated carbocycles. The normalized spacial score (nSPS) is 10.2. The van der Waals surface area contributed by atoms with Gasteiger partial charge in [-0.15, -0.1) is 0 Å². The lowest BCUT2D eigenvalue weighted by atomic mass is 10.3. The molecule has 0 aromatic carbocycles. The Morgan fingerprint density at radius 2 is 2.00 bits per heavy atom. The van der Waals surface area contributed by atoms with Crippen molar-refractivity contribution >= 4 is 11.6 Å². The summed E-state index contributed by atoms with van der Waals surface area (Å²) in [7, 11) is 0. The second kappa shape index (κ2) is 5.29. The first-order valence-corrected chi connectivity index (χ1v) is 5.50. The van der Waals surface area contributed by atoms with Crippen molar-refractivity contribution in [3.8, 4) is 0 Å². The highest BCUT2D eigenvalue weighted by Gasteiger charge is 2.06. The number of anilines is 2. The van der Waals surface area contributed by atoms with Gasteiger partial charge in [-0.3, -0.25) is 0 Å². The smallest absolute Gasteiger partial charge is 0.155 e. The largest absolute Gasteiger partial charge is 0.370 e. The summed E-state index contributed by atoms with van der Waals surface area (Å²) in [4.78, 5) is 8.37. The van der Waals surface area contributed by atoms with Crippen LogP contribution in [0.3, 0.4) is 0 Å². The summed E-state index contributed by atoms with van der Waals surface area (Å²) in [5.74, 6) is 2.42. The molecule has 2 aromatic rings. The van der Waals surface area contributed by atoms with E-state index in [1.54, 1.807) is 6.20 Å². The first kappa shape index (κ1) is 11.4. The maximum atomic E-state index is 5.00. The van der Waals surface area contributed by atoms with Crippen molar-refractivity contribution < 1.29 is 4.52 Å². The van der Waals surface area contributed by atoms with E-state index >= 15 is 0 Å². The van der Waals surface area contributed by atoms with Crippen LogP contribution in [0.4, 0.5) is 11.6 Å². The Bertz CT molecular complexity index is 469. The van der Waals surface area contributed by atoms with Gasteiger partial charge in [0.1, 0.15) is 18.0 Å². The summed E-state index contributed by atoms with van der Waals surface area (Å²) in [5, 5.41) is 10.0. The zero-order valence-corrected chi connectivity index (χ0v) is 9.90. The maximum absolute atomic E-state index is 5.00. The molecule has 2 aromatic heterocycles. The van der Waals surface area contributed by atoms with Gasteiger partial charge in [0.2, 0.25) is 0 Å². The van der Waals surface area contributed by atoms with Gasteiger partial charge in [0.15, 0.2) is 5.76 Å². The minimum absolute atomic E-state index is 0.559. The molecule has 0 amide bonds. The quantitative estimate of drug-likeness (QED) is 0.820. The van der Waals surface area contributed by atoms with Crippen molar-refractivity contribution in [2.45, 2.75) is 20.4 Å². The van der Waals surface area contributed by atoms with Crippen LogP contribution in [0.1, 0.15) is 18.2 Å². The van der Waals surface area contributed by atoms with E-state index in [0.29, 0.717) is 6.54 Å². The third kappa shape index (κ3) is 2.72. The molecule has 0 bridgehead atoms. The second-order valence-electron chi connectivity index (χ2n) is 3.56. The van der Waals surface area contributed by atoms with Gasteiger partial charge in [-0.05, 0) is 13.8 Å². The molecule has 2 rings (SSSR count). The Morgan fingerprint density at radius 3 is 2.65 bits per heavy atom. The summed E-state index contributed by atoms with van der Waals surface area (Å²) in [6.07, 6.45) is 3.15. The number of hydrogen-bond donors (Lipinski definition) is 2. The average Bonchev–Trinajstić information content (AvgIpc) is 2.83. The standard InChI is InChI=1S/C11H15N5O/c1-3-12-10-8(2)11(15-7-14-10)13-6-9-4-5-16-17-9/h4-5,7H,3,6H2,1-2H3,(H2,12,13,14,15). The highest BCUT2D eigenvalue weighted by Crippen LogP contribution is 2.18. The number of hydrogen-bond acceptors (Lipinski definition) is 6. The molecule has 0 radical (unpaired) electrons. The van der Waals surface area contributed by atoms with E-state index in [-0.39, 0.29) is 0 Å². The van der Waals surface area contributed by atoms with Gasteiger partial charge in [-0.2, -0.15) is 0 Å². The van der Waals surface area contributed by atoms with E-state index in [0.717, 1.165) is 29.5 Å². The van der Waals surface area contributed by atoms with Gasteiger partial charge in [0, 0.05) is 18.2 Å². The maximum Gasteiger partial charge on any atom is 0.155 e. The van der Waals surface area contributed by atoms with Crippen molar-refractivity contribution in [1.29, 1.82) is 0 Å². The molecule has 2 N–H and O–H groups in total. The Balaban J connectivity index is 2.07. The molecule has 6 nitrogen and oxygen atoms in total. The average molecular weight is 233 g/mol. The molecular formula is C11H15N5O. The molecule has 6 heteroatoms. The van der Waals surface area contributed by atoms with Crippen molar-refractivity contribution in [2.24, 2.45) is 0 Å². The summed E-state index contributed by atoms with van der Waals surface area (Å²) < 4.78 is 5.00. The summed E-state index contributed by atoms with van der Waals surface area (Å²) >= 11 is 0. The van der Waals surface area contributed by atoms with Crippen LogP contribution in [-0.4, -0.2) is 21.7 Å². The summed E-state index contributed by atoms with van der Waals surface area (Å²) in [5.41, 5.74) is 0.994. The van der Waals surface area contributed by atoms with Gasteiger partial charge in [0.05, 0.1) is 12.7 Å². The number of nitrogens with one attached hydrogen (secondary N) is 2. The Hall–Kier alpha value is -2.11. The highest BCUT2D eigenvalue weighted by molar-refractivity contribution is 5.56. The molecule has 0 aliphatic heterocycles. The highest BCUT2D eigenvalue weighted by atomic mass is 16.5. The fourth-order valence-electron chi connectivity index (χ4n) is 1.48. The van der Waals surface area contributed by atoms with Crippen LogP contribution in [0.25, 0.3) is 0 Å². The minimum Gasteiger partial charge on any atom is -0.370 e. The number of aromatic nitrogens is 3. The molecule has 0 aliphatic rings. The number of nitrogens with zero attached hydrogens (tertiary/aromatic N) is 3. The first-order valence-electron chi connectivity index (χ1n) is 5.50. The van der Waals surface area contributed by atoms with Crippen LogP contribution >= 0.6 is 0 Å². The fraction of sp³-hybridized carbons (Fsp3) is 0.364. The molecule has 0 aliphatic carbocycles. The Kier molecular flexibility index (Phi) is 3.54. The van der Waals surface area contributed by atoms with Gasteiger partial charge in [-0.25, -0.2) is 9.97 Å². The van der Waals surface area contributed by atoms with Crippen molar-refractivity contribution in [2.75, 3.05) is 17.2 Å². The molecule has 0 fully saturated rings. The fourth-order valence-corrected chi connectivity index (χ4v) is 1.48. The van der Waals surface area contributed by atoms with Crippen molar-refractivity contribution in [3.63, 3.8) is 0 Å². The molecule has 0 saturated heterocycles. The van der Waals surface area contributed by atoms with E-state index in [2.05, 4.69) is 25.8 Å². The van der Waals surface area contributed by atoms with E-state index in [1.807, 2.05) is 19.9 Å². The van der Waals surface area contributed by atoms with Crippen LogP contribution < -0.4 is 10.6 Å². The Morgan fingerprint density at radius 1 is 1.24 bits per heavy atom. The molecule has 0 unspecified atom stereocenters. The van der Waals surface area contributed by atoms with Crippen molar-refractivity contribution in [3.05, 3.63) is 29.9 Å². The van der Waals surface area contributed by atoms with Crippen LogP contribution in [-0.2, 0) is 6.54 Å². The Labute approximate surface area is 99.5 Å². The van der Waals surface area contributed by atoms with Crippen LogP contribution in [0.15, 0.2) is 23.1 Å². The third-order valence-corrected chi connectivity index (χ3v) is 2.35. The van der Waals surface area contributed by atoms with Crippen LogP contribution in [0.2, 0.25) is 0 Å². The zero-order chi connectivity index (χ0) is 12.1. The number of rotatable bonds is 5. The molecule has 90 valence electrons. The predicted octanol–water partition coefficient (Wildman–Crippen LogP) is 1.82. The van der Waals surface area contributed by atoms with E-state index < -0.39 is 0 Å². The van der Waals surface area contributed by atoms with Gasteiger partial charge < -0.3 is 15.2 Å². The van der Waals surface area contributed by atoms with E-state index in [9.17, 15) is 0 Å². The predicted molar refractivity (Wildman–Crippen MR) is 64.8 cm³/mol. The minimum atomic E-state index is 0.559. The van der Waals surface area contributed by atoms with E-state index in [1.165, 1.54) is 6.33 Å². The lowest BCUT2D eigenvalue weighted by Crippen LogP contribution is -2.07. The molecule has 0 atom stereocenters. The SMILES string of the molecule is CCNc1ncnc(NCc2ccno2)c1C. The molecular weight excluding hydrogens is 218 g/mol. The first-order chi connectivity index (χ1) is 8.31. The monoisotopic (exact) mass is 233 g/mol. The van der Waals surface area contributed by atoms with Gasteiger partial charge >= 0.3 is 0 Å². The van der Waals surface area contributed by atoms with Crippen molar-refractivity contribution in [1.82, 2.24) is 15.1 Å². The summed E-state index contributed by atoms with van der Waals surface area (Å²) in [6, 6.07) is 1.81. The second-order valence-corrected chi connectivity index (χ2v) is 3.56. The van der Waals surface area contributed by atoms with Crippen LogP contribution in [0, 0.1) is 6.92 Å². The lowest BCUT2D eigenvalue weighted by molar-refractivity contribution is 0.388. The zero-order valence-electron chi connectivity index (χ0n) is 9.90.